The number of ketones is 1. The number of rotatable bonds is 3. The lowest BCUT2D eigenvalue weighted by Gasteiger charge is -2.09. The Kier molecular flexibility index (Phi) is 4.04. The van der Waals surface area contributed by atoms with E-state index in [1.165, 1.54) is 7.11 Å². The van der Waals surface area contributed by atoms with Crippen molar-refractivity contribution in [1.29, 1.82) is 0 Å². The van der Waals surface area contributed by atoms with Gasteiger partial charge in [-0.1, -0.05) is 39.7 Å². The number of halogens is 2. The van der Waals surface area contributed by atoms with Crippen molar-refractivity contribution in [2.45, 2.75) is 0 Å². The number of carbonyl (C=O) groups excluding carboxylic acids is 1. The van der Waals surface area contributed by atoms with E-state index in [4.69, 9.17) is 16.3 Å². The molecule has 0 heterocycles. The van der Waals surface area contributed by atoms with Crippen LogP contribution >= 0.6 is 27.5 Å². The van der Waals surface area contributed by atoms with Gasteiger partial charge in [-0.05, 0) is 30.3 Å². The Balaban J connectivity index is 2.52. The van der Waals surface area contributed by atoms with Crippen molar-refractivity contribution in [2.75, 3.05) is 7.11 Å². The van der Waals surface area contributed by atoms with E-state index >= 15 is 0 Å². The maximum Gasteiger partial charge on any atom is 0.198 e. The highest BCUT2D eigenvalue weighted by molar-refractivity contribution is 9.10. The third-order valence-electron chi connectivity index (χ3n) is 2.52. The molecule has 0 unspecified atom stereocenters. The predicted octanol–water partition coefficient (Wildman–Crippen LogP) is 4.34. The summed E-state index contributed by atoms with van der Waals surface area (Å²) in [6.07, 6.45) is 0. The first-order valence-electron chi connectivity index (χ1n) is 5.26. The zero-order valence-electron chi connectivity index (χ0n) is 9.61. The first-order chi connectivity index (χ1) is 8.63. The Morgan fingerprint density at radius 1 is 1.17 bits per heavy atom. The number of carbonyl (C=O) groups is 1. The first kappa shape index (κ1) is 13.1. The van der Waals surface area contributed by atoms with E-state index in [1.54, 1.807) is 36.4 Å². The van der Waals surface area contributed by atoms with E-state index in [2.05, 4.69) is 15.9 Å². The Morgan fingerprint density at radius 2 is 1.89 bits per heavy atom. The molecule has 2 aromatic rings. The molecular weight excluding hydrogens is 316 g/mol. The van der Waals surface area contributed by atoms with E-state index in [0.29, 0.717) is 21.9 Å². The normalized spacial score (nSPS) is 10.2. The van der Waals surface area contributed by atoms with Gasteiger partial charge in [0, 0.05) is 10.0 Å². The quantitative estimate of drug-likeness (QED) is 0.785. The smallest absolute Gasteiger partial charge is 0.198 e. The van der Waals surface area contributed by atoms with Crippen molar-refractivity contribution >= 4 is 33.3 Å². The van der Waals surface area contributed by atoms with Crippen LogP contribution in [-0.4, -0.2) is 12.9 Å². The molecule has 0 atom stereocenters. The van der Waals surface area contributed by atoms with Gasteiger partial charge in [0.1, 0.15) is 5.75 Å². The topological polar surface area (TPSA) is 26.3 Å². The number of benzene rings is 2. The van der Waals surface area contributed by atoms with Crippen LogP contribution in [-0.2, 0) is 0 Å². The Bertz CT molecular complexity index is 596. The highest BCUT2D eigenvalue weighted by Crippen LogP contribution is 2.27. The molecule has 0 bridgehead atoms. The second-order valence-corrected chi connectivity index (χ2v) is 4.98. The van der Waals surface area contributed by atoms with E-state index in [-0.39, 0.29) is 5.78 Å². The van der Waals surface area contributed by atoms with Crippen LogP contribution in [0.5, 0.6) is 5.75 Å². The number of methoxy groups -OCH3 is 1. The summed E-state index contributed by atoms with van der Waals surface area (Å²) in [7, 11) is 1.53. The SMILES string of the molecule is COc1ccc(Br)cc1C(=O)c1ccccc1Cl. The van der Waals surface area contributed by atoms with E-state index < -0.39 is 0 Å². The van der Waals surface area contributed by atoms with Crippen LogP contribution in [0.1, 0.15) is 15.9 Å². The van der Waals surface area contributed by atoms with Crippen LogP contribution in [0.15, 0.2) is 46.9 Å². The van der Waals surface area contributed by atoms with Gasteiger partial charge in [-0.25, -0.2) is 0 Å². The number of hydrogen-bond donors (Lipinski definition) is 0. The van der Waals surface area contributed by atoms with Crippen LogP contribution in [0.3, 0.4) is 0 Å². The van der Waals surface area contributed by atoms with Gasteiger partial charge in [0.05, 0.1) is 17.7 Å². The zero-order chi connectivity index (χ0) is 13.1. The second kappa shape index (κ2) is 5.55. The van der Waals surface area contributed by atoms with Crippen LogP contribution in [0.2, 0.25) is 5.02 Å². The van der Waals surface area contributed by atoms with Crippen LogP contribution in [0.4, 0.5) is 0 Å². The molecule has 18 heavy (non-hydrogen) atoms. The fraction of sp³-hybridized carbons (Fsp3) is 0.0714. The Morgan fingerprint density at radius 3 is 2.56 bits per heavy atom. The van der Waals surface area contributed by atoms with E-state index in [9.17, 15) is 4.79 Å². The summed E-state index contributed by atoms with van der Waals surface area (Å²) in [5, 5.41) is 0.435. The highest BCUT2D eigenvalue weighted by atomic mass is 79.9. The van der Waals surface area contributed by atoms with Crippen molar-refractivity contribution in [3.63, 3.8) is 0 Å². The molecule has 2 rings (SSSR count). The Hall–Kier alpha value is -1.32. The summed E-state index contributed by atoms with van der Waals surface area (Å²) in [4.78, 5) is 12.4. The Labute approximate surface area is 119 Å². The molecule has 0 spiro atoms. The molecule has 0 aromatic heterocycles. The summed E-state index contributed by atoms with van der Waals surface area (Å²) in [5.41, 5.74) is 0.954. The summed E-state index contributed by atoms with van der Waals surface area (Å²) in [6, 6.07) is 12.3. The molecule has 0 aliphatic rings. The first-order valence-corrected chi connectivity index (χ1v) is 6.43. The lowest BCUT2D eigenvalue weighted by molar-refractivity contribution is 0.103. The summed E-state index contributed by atoms with van der Waals surface area (Å²) >= 11 is 9.38. The van der Waals surface area contributed by atoms with Gasteiger partial charge in [-0.2, -0.15) is 0 Å². The average Bonchev–Trinajstić information content (AvgIpc) is 2.38. The third-order valence-corrected chi connectivity index (χ3v) is 3.35. The lowest BCUT2D eigenvalue weighted by Crippen LogP contribution is -2.04. The molecule has 2 aromatic carbocycles. The molecule has 0 saturated carbocycles. The molecule has 0 fully saturated rings. The zero-order valence-corrected chi connectivity index (χ0v) is 12.0. The number of ether oxygens (including phenoxy) is 1. The molecule has 2 nitrogen and oxygen atoms in total. The minimum Gasteiger partial charge on any atom is -0.496 e. The van der Waals surface area contributed by atoms with E-state index in [0.717, 1.165) is 4.47 Å². The molecule has 0 aliphatic heterocycles. The summed E-state index contributed by atoms with van der Waals surface area (Å²) in [6.45, 7) is 0. The van der Waals surface area contributed by atoms with Gasteiger partial charge >= 0.3 is 0 Å². The van der Waals surface area contributed by atoms with Crippen molar-refractivity contribution in [1.82, 2.24) is 0 Å². The molecule has 0 radical (unpaired) electrons. The minimum atomic E-state index is -0.154. The van der Waals surface area contributed by atoms with Crippen molar-refractivity contribution in [2.24, 2.45) is 0 Å². The van der Waals surface area contributed by atoms with Gasteiger partial charge in [0.2, 0.25) is 0 Å². The van der Waals surface area contributed by atoms with Gasteiger partial charge in [0.25, 0.3) is 0 Å². The maximum atomic E-state index is 12.4. The van der Waals surface area contributed by atoms with Gasteiger partial charge in [0.15, 0.2) is 5.78 Å². The second-order valence-electron chi connectivity index (χ2n) is 3.65. The molecule has 0 aliphatic carbocycles. The largest absolute Gasteiger partial charge is 0.496 e. The van der Waals surface area contributed by atoms with Crippen molar-refractivity contribution in [3.05, 3.63) is 63.1 Å². The van der Waals surface area contributed by atoms with E-state index in [1.807, 2.05) is 6.07 Å². The molecule has 0 N–H and O–H groups in total. The number of hydrogen-bond acceptors (Lipinski definition) is 2. The standard InChI is InChI=1S/C14H10BrClO2/c1-18-13-7-6-9(15)8-11(13)14(17)10-4-2-3-5-12(10)16/h2-8H,1H3. The van der Waals surface area contributed by atoms with Crippen LogP contribution in [0.25, 0.3) is 0 Å². The van der Waals surface area contributed by atoms with Crippen molar-refractivity contribution < 1.29 is 9.53 Å². The van der Waals surface area contributed by atoms with Gasteiger partial charge < -0.3 is 4.74 Å². The third kappa shape index (κ3) is 2.57. The van der Waals surface area contributed by atoms with Crippen LogP contribution in [0, 0.1) is 0 Å². The fourth-order valence-electron chi connectivity index (χ4n) is 1.65. The molecular formula is C14H10BrClO2. The fourth-order valence-corrected chi connectivity index (χ4v) is 2.23. The minimum absolute atomic E-state index is 0.154. The molecule has 4 heteroatoms. The summed E-state index contributed by atoms with van der Waals surface area (Å²) < 4.78 is 6.02. The molecule has 0 saturated heterocycles. The summed E-state index contributed by atoms with van der Waals surface area (Å²) in [5.74, 6) is 0.377. The monoisotopic (exact) mass is 324 g/mol. The molecule has 92 valence electrons. The average molecular weight is 326 g/mol. The highest BCUT2D eigenvalue weighted by Gasteiger charge is 2.17. The molecule has 0 amide bonds. The van der Waals surface area contributed by atoms with Crippen LogP contribution < -0.4 is 4.74 Å². The van der Waals surface area contributed by atoms with Gasteiger partial charge in [-0.3, -0.25) is 4.79 Å². The maximum absolute atomic E-state index is 12.4. The van der Waals surface area contributed by atoms with Gasteiger partial charge in [-0.15, -0.1) is 0 Å². The lowest BCUT2D eigenvalue weighted by atomic mass is 10.0. The predicted molar refractivity (Wildman–Crippen MR) is 75.6 cm³/mol. The van der Waals surface area contributed by atoms with Crippen molar-refractivity contribution in [3.8, 4) is 5.75 Å².